The minimum absolute atomic E-state index is 0.153. The van der Waals surface area contributed by atoms with Crippen LogP contribution in [-0.2, 0) is 0 Å². The Labute approximate surface area is 73.4 Å². The highest BCUT2D eigenvalue weighted by Gasteiger charge is 2.15. The third-order valence-corrected chi connectivity index (χ3v) is 2.02. The van der Waals surface area contributed by atoms with Gasteiger partial charge in [0.1, 0.15) is 5.69 Å². The van der Waals surface area contributed by atoms with Gasteiger partial charge in [0.15, 0.2) is 0 Å². The van der Waals surface area contributed by atoms with E-state index in [-0.39, 0.29) is 22.0 Å². The number of halogens is 3. The van der Waals surface area contributed by atoms with E-state index in [1.807, 2.05) is 0 Å². The van der Waals surface area contributed by atoms with E-state index in [0.29, 0.717) is 0 Å². The molecule has 1 aromatic heterocycles. The summed E-state index contributed by atoms with van der Waals surface area (Å²) < 4.78 is 24.4. The van der Waals surface area contributed by atoms with Crippen molar-refractivity contribution in [3.63, 3.8) is 0 Å². The summed E-state index contributed by atoms with van der Waals surface area (Å²) in [6, 6.07) is 0. The van der Waals surface area contributed by atoms with Crippen LogP contribution in [0.15, 0.2) is 6.20 Å². The summed E-state index contributed by atoms with van der Waals surface area (Å²) >= 11 is 5.63. The number of anilines is 1. The van der Waals surface area contributed by atoms with E-state index in [0.717, 1.165) is 6.20 Å². The van der Waals surface area contributed by atoms with Gasteiger partial charge in [-0.25, -0.2) is 8.78 Å². The molecule has 0 radical (unpaired) electrons. The van der Waals surface area contributed by atoms with Gasteiger partial charge < -0.3 is 5.73 Å². The van der Waals surface area contributed by atoms with Gasteiger partial charge in [-0.15, -0.1) is 0 Å². The van der Waals surface area contributed by atoms with Crippen LogP contribution in [0.4, 0.5) is 14.5 Å². The second kappa shape index (κ2) is 3.23. The zero-order chi connectivity index (χ0) is 9.30. The van der Waals surface area contributed by atoms with Crippen LogP contribution in [-0.4, -0.2) is 4.98 Å². The predicted octanol–water partition coefficient (Wildman–Crippen LogP) is 2.56. The first-order valence-electron chi connectivity index (χ1n) is 3.22. The number of nitrogens with zero attached hydrogens (tertiary/aromatic N) is 1. The molecule has 1 heterocycles. The number of aromatic nitrogens is 1. The molecule has 0 saturated carbocycles. The van der Waals surface area contributed by atoms with Gasteiger partial charge in [0.05, 0.1) is 16.9 Å². The minimum atomic E-state index is -2.61. The molecule has 0 saturated heterocycles. The third kappa shape index (κ3) is 1.48. The summed E-state index contributed by atoms with van der Waals surface area (Å²) in [6.07, 6.45) is -1.47. The molecule has 1 aromatic rings. The normalized spacial score (nSPS) is 10.8. The van der Waals surface area contributed by atoms with Crippen molar-refractivity contribution in [2.75, 3.05) is 5.73 Å². The maximum absolute atomic E-state index is 12.2. The fourth-order valence-electron chi connectivity index (χ4n) is 0.842. The fourth-order valence-corrected chi connectivity index (χ4v) is 0.987. The first-order valence-corrected chi connectivity index (χ1v) is 3.60. The standard InChI is InChI=1S/C7H7ClF2N2/c1-3-5(8)4(11)2-12-6(3)7(9)10/h2,7H,11H2,1H3. The Kier molecular flexibility index (Phi) is 2.47. The molecule has 0 unspecified atom stereocenters. The molecule has 0 aliphatic heterocycles. The Hall–Kier alpha value is -0.900. The van der Waals surface area contributed by atoms with Crippen molar-refractivity contribution in [1.29, 1.82) is 0 Å². The van der Waals surface area contributed by atoms with Crippen molar-refractivity contribution in [2.24, 2.45) is 0 Å². The Morgan fingerprint density at radius 3 is 2.67 bits per heavy atom. The molecule has 2 nitrogen and oxygen atoms in total. The highest BCUT2D eigenvalue weighted by molar-refractivity contribution is 6.33. The summed E-state index contributed by atoms with van der Waals surface area (Å²) in [5.41, 5.74) is 5.50. The number of alkyl halides is 2. The zero-order valence-corrected chi connectivity index (χ0v) is 7.07. The highest BCUT2D eigenvalue weighted by Crippen LogP contribution is 2.29. The first kappa shape index (κ1) is 9.19. The van der Waals surface area contributed by atoms with E-state index >= 15 is 0 Å². The van der Waals surface area contributed by atoms with Crippen LogP contribution >= 0.6 is 11.6 Å². The monoisotopic (exact) mass is 192 g/mol. The van der Waals surface area contributed by atoms with Gasteiger partial charge in [0.2, 0.25) is 0 Å². The smallest absolute Gasteiger partial charge is 0.280 e. The topological polar surface area (TPSA) is 38.9 Å². The average Bonchev–Trinajstić information content (AvgIpc) is 2.00. The van der Waals surface area contributed by atoms with Crippen molar-refractivity contribution in [2.45, 2.75) is 13.3 Å². The Bertz CT molecular complexity index is 302. The van der Waals surface area contributed by atoms with Crippen LogP contribution in [0.2, 0.25) is 5.02 Å². The van der Waals surface area contributed by atoms with Gasteiger partial charge in [-0.3, -0.25) is 4.98 Å². The Balaban J connectivity index is 3.27. The van der Waals surface area contributed by atoms with E-state index in [1.165, 1.54) is 6.92 Å². The fraction of sp³-hybridized carbons (Fsp3) is 0.286. The molecule has 0 aliphatic carbocycles. The summed E-state index contributed by atoms with van der Waals surface area (Å²) in [7, 11) is 0. The molecule has 1 rings (SSSR count). The number of pyridine rings is 1. The van der Waals surface area contributed by atoms with Gasteiger partial charge in [-0.05, 0) is 12.5 Å². The van der Waals surface area contributed by atoms with Gasteiger partial charge >= 0.3 is 0 Å². The number of hydrogen-bond acceptors (Lipinski definition) is 2. The lowest BCUT2D eigenvalue weighted by molar-refractivity contribution is 0.145. The van der Waals surface area contributed by atoms with Crippen molar-refractivity contribution in [3.8, 4) is 0 Å². The molecular formula is C7H7ClF2N2. The Morgan fingerprint density at radius 1 is 1.58 bits per heavy atom. The number of nitrogens with two attached hydrogens (primary N) is 1. The van der Waals surface area contributed by atoms with Crippen molar-refractivity contribution < 1.29 is 8.78 Å². The van der Waals surface area contributed by atoms with Gasteiger partial charge in [0.25, 0.3) is 6.43 Å². The SMILES string of the molecule is Cc1c(C(F)F)ncc(N)c1Cl. The van der Waals surface area contributed by atoms with E-state index in [9.17, 15) is 8.78 Å². The van der Waals surface area contributed by atoms with Crippen LogP contribution in [0.5, 0.6) is 0 Å². The molecular weight excluding hydrogens is 186 g/mol. The zero-order valence-electron chi connectivity index (χ0n) is 6.31. The minimum Gasteiger partial charge on any atom is -0.396 e. The van der Waals surface area contributed by atoms with Crippen molar-refractivity contribution in [3.05, 3.63) is 22.5 Å². The molecule has 0 aromatic carbocycles. The summed E-state index contributed by atoms with van der Waals surface area (Å²) in [6.45, 7) is 1.47. The van der Waals surface area contributed by atoms with E-state index in [4.69, 9.17) is 17.3 Å². The largest absolute Gasteiger partial charge is 0.396 e. The second-order valence-corrected chi connectivity index (χ2v) is 2.72. The van der Waals surface area contributed by atoms with Crippen LogP contribution < -0.4 is 5.73 Å². The van der Waals surface area contributed by atoms with Crippen LogP contribution in [0.1, 0.15) is 17.7 Å². The van der Waals surface area contributed by atoms with Crippen LogP contribution in [0.25, 0.3) is 0 Å². The lowest BCUT2D eigenvalue weighted by Gasteiger charge is -2.06. The van der Waals surface area contributed by atoms with Crippen LogP contribution in [0, 0.1) is 6.92 Å². The molecule has 66 valence electrons. The predicted molar refractivity (Wildman–Crippen MR) is 43.4 cm³/mol. The molecule has 0 amide bonds. The molecule has 5 heteroatoms. The van der Waals surface area contributed by atoms with Crippen molar-refractivity contribution >= 4 is 17.3 Å². The van der Waals surface area contributed by atoms with Gasteiger partial charge in [-0.1, -0.05) is 11.6 Å². The summed E-state index contributed by atoms with van der Waals surface area (Å²) in [4.78, 5) is 3.48. The molecule has 0 aliphatic rings. The van der Waals surface area contributed by atoms with Gasteiger partial charge in [0, 0.05) is 0 Å². The number of rotatable bonds is 1. The third-order valence-electron chi connectivity index (χ3n) is 1.52. The maximum Gasteiger partial charge on any atom is 0.280 e. The molecule has 2 N–H and O–H groups in total. The molecule has 0 fully saturated rings. The van der Waals surface area contributed by atoms with Crippen LogP contribution in [0.3, 0.4) is 0 Å². The van der Waals surface area contributed by atoms with E-state index in [1.54, 1.807) is 0 Å². The van der Waals surface area contributed by atoms with Crippen molar-refractivity contribution in [1.82, 2.24) is 4.98 Å². The maximum atomic E-state index is 12.2. The lowest BCUT2D eigenvalue weighted by atomic mass is 10.2. The van der Waals surface area contributed by atoms with Gasteiger partial charge in [-0.2, -0.15) is 0 Å². The number of hydrogen-bond donors (Lipinski definition) is 1. The summed E-state index contributed by atoms with van der Waals surface area (Å²) in [5.74, 6) is 0. The summed E-state index contributed by atoms with van der Waals surface area (Å²) in [5, 5.41) is 0.153. The molecule has 0 atom stereocenters. The molecule has 12 heavy (non-hydrogen) atoms. The quantitative estimate of drug-likeness (QED) is 0.743. The van der Waals surface area contributed by atoms with E-state index in [2.05, 4.69) is 4.98 Å². The van der Waals surface area contributed by atoms with E-state index < -0.39 is 6.43 Å². The second-order valence-electron chi connectivity index (χ2n) is 2.34. The lowest BCUT2D eigenvalue weighted by Crippen LogP contribution is -1.98. The molecule has 0 bridgehead atoms. The number of nitrogen functional groups attached to an aromatic ring is 1. The molecule has 0 spiro atoms. The first-order chi connectivity index (χ1) is 5.54. The average molecular weight is 193 g/mol. The Morgan fingerprint density at radius 2 is 2.17 bits per heavy atom. The highest BCUT2D eigenvalue weighted by atomic mass is 35.5.